The standard InChI is InChI=1S/C13H22N4OS/c1-9(2)10-11(19-16-15-10)12(18)17-7-5-13(3,14-4)6-8-17/h9,14H,5-8H2,1-4H3. The van der Waals surface area contributed by atoms with Crippen molar-refractivity contribution in [2.45, 2.75) is 45.1 Å². The molecule has 1 aliphatic heterocycles. The molecule has 1 aromatic rings. The number of rotatable bonds is 3. The van der Waals surface area contributed by atoms with Crippen molar-refractivity contribution in [1.82, 2.24) is 19.8 Å². The third-order valence-electron chi connectivity index (χ3n) is 4.01. The van der Waals surface area contributed by atoms with E-state index in [9.17, 15) is 4.79 Å². The molecular formula is C13H22N4OS. The van der Waals surface area contributed by atoms with Gasteiger partial charge in [-0.25, -0.2) is 0 Å². The van der Waals surface area contributed by atoms with Gasteiger partial charge in [0.15, 0.2) is 0 Å². The van der Waals surface area contributed by atoms with E-state index in [0.717, 1.165) is 31.6 Å². The molecule has 5 nitrogen and oxygen atoms in total. The third kappa shape index (κ3) is 2.95. The topological polar surface area (TPSA) is 58.1 Å². The summed E-state index contributed by atoms with van der Waals surface area (Å²) >= 11 is 1.22. The van der Waals surface area contributed by atoms with E-state index in [4.69, 9.17) is 0 Å². The Balaban J connectivity index is 2.07. The average Bonchev–Trinajstić information content (AvgIpc) is 2.88. The number of carbonyl (C=O) groups excluding carboxylic acids is 1. The van der Waals surface area contributed by atoms with Crippen molar-refractivity contribution in [1.29, 1.82) is 0 Å². The molecule has 2 rings (SSSR count). The average molecular weight is 282 g/mol. The van der Waals surface area contributed by atoms with Gasteiger partial charge in [0, 0.05) is 18.6 Å². The van der Waals surface area contributed by atoms with Gasteiger partial charge in [0.2, 0.25) is 0 Å². The molecule has 1 saturated heterocycles. The first-order valence-corrected chi connectivity index (χ1v) is 7.54. The van der Waals surface area contributed by atoms with E-state index in [2.05, 4.69) is 21.8 Å². The molecule has 1 aromatic heterocycles. The summed E-state index contributed by atoms with van der Waals surface area (Å²) in [5, 5.41) is 7.43. The molecule has 1 N–H and O–H groups in total. The number of nitrogens with one attached hydrogen (secondary N) is 1. The predicted octanol–water partition coefficient (Wildman–Crippen LogP) is 1.88. The molecule has 0 atom stereocenters. The Kier molecular flexibility index (Phi) is 4.20. The second-order valence-electron chi connectivity index (χ2n) is 5.74. The number of hydrogen-bond acceptors (Lipinski definition) is 5. The summed E-state index contributed by atoms with van der Waals surface area (Å²) in [6.45, 7) is 7.89. The second-order valence-corrected chi connectivity index (χ2v) is 6.50. The van der Waals surface area contributed by atoms with E-state index < -0.39 is 0 Å². The Morgan fingerprint density at radius 2 is 2.05 bits per heavy atom. The number of likely N-dealkylation sites (tertiary alicyclic amines) is 1. The molecule has 0 bridgehead atoms. The van der Waals surface area contributed by atoms with E-state index in [1.54, 1.807) is 0 Å². The maximum absolute atomic E-state index is 12.5. The van der Waals surface area contributed by atoms with Gasteiger partial charge < -0.3 is 10.2 Å². The number of aromatic nitrogens is 2. The lowest BCUT2D eigenvalue weighted by Crippen LogP contribution is -2.51. The zero-order chi connectivity index (χ0) is 14.0. The lowest BCUT2D eigenvalue weighted by Gasteiger charge is -2.39. The Morgan fingerprint density at radius 3 is 2.58 bits per heavy atom. The van der Waals surface area contributed by atoms with Crippen LogP contribution in [0.4, 0.5) is 0 Å². The number of amides is 1. The van der Waals surface area contributed by atoms with Crippen LogP contribution >= 0.6 is 11.5 Å². The summed E-state index contributed by atoms with van der Waals surface area (Å²) in [4.78, 5) is 15.2. The minimum Gasteiger partial charge on any atom is -0.338 e. The molecule has 0 unspecified atom stereocenters. The fourth-order valence-corrected chi connectivity index (χ4v) is 3.11. The largest absolute Gasteiger partial charge is 0.338 e. The van der Waals surface area contributed by atoms with Crippen LogP contribution in [0, 0.1) is 0 Å². The molecule has 0 radical (unpaired) electrons. The van der Waals surface area contributed by atoms with Crippen LogP contribution in [0.3, 0.4) is 0 Å². The number of carbonyl (C=O) groups is 1. The fraction of sp³-hybridized carbons (Fsp3) is 0.769. The summed E-state index contributed by atoms with van der Waals surface area (Å²) in [6.07, 6.45) is 1.97. The van der Waals surface area contributed by atoms with Crippen molar-refractivity contribution in [3.63, 3.8) is 0 Å². The highest BCUT2D eigenvalue weighted by molar-refractivity contribution is 7.08. The Morgan fingerprint density at radius 1 is 1.42 bits per heavy atom. The van der Waals surface area contributed by atoms with Gasteiger partial charge in [-0.3, -0.25) is 4.79 Å². The van der Waals surface area contributed by atoms with Crippen molar-refractivity contribution in [2.24, 2.45) is 0 Å². The highest BCUT2D eigenvalue weighted by Gasteiger charge is 2.32. The normalized spacial score (nSPS) is 18.9. The van der Waals surface area contributed by atoms with Crippen LogP contribution in [0.15, 0.2) is 0 Å². The first-order valence-electron chi connectivity index (χ1n) is 6.77. The van der Waals surface area contributed by atoms with Crippen molar-refractivity contribution >= 4 is 17.4 Å². The van der Waals surface area contributed by atoms with Gasteiger partial charge in [-0.15, -0.1) is 5.10 Å². The van der Waals surface area contributed by atoms with Crippen LogP contribution in [0.5, 0.6) is 0 Å². The Hall–Kier alpha value is -1.01. The van der Waals surface area contributed by atoms with Crippen LogP contribution in [-0.2, 0) is 0 Å². The Bertz CT molecular complexity index is 449. The lowest BCUT2D eigenvalue weighted by molar-refractivity contribution is 0.0665. The number of nitrogens with zero attached hydrogens (tertiary/aromatic N) is 3. The molecule has 0 aliphatic carbocycles. The molecular weight excluding hydrogens is 260 g/mol. The maximum Gasteiger partial charge on any atom is 0.267 e. The van der Waals surface area contributed by atoms with Crippen LogP contribution < -0.4 is 5.32 Å². The van der Waals surface area contributed by atoms with Crippen molar-refractivity contribution in [2.75, 3.05) is 20.1 Å². The molecule has 1 fully saturated rings. The molecule has 19 heavy (non-hydrogen) atoms. The SMILES string of the molecule is CNC1(C)CCN(C(=O)c2snnc2C(C)C)CC1. The van der Waals surface area contributed by atoms with Gasteiger partial charge in [0.05, 0.1) is 5.69 Å². The zero-order valence-electron chi connectivity index (χ0n) is 12.1. The molecule has 1 aliphatic rings. The van der Waals surface area contributed by atoms with E-state index >= 15 is 0 Å². The zero-order valence-corrected chi connectivity index (χ0v) is 12.9. The minimum absolute atomic E-state index is 0.0943. The monoisotopic (exact) mass is 282 g/mol. The summed E-state index contributed by atoms with van der Waals surface area (Å²) < 4.78 is 3.94. The molecule has 2 heterocycles. The fourth-order valence-electron chi connectivity index (χ4n) is 2.32. The molecule has 106 valence electrons. The van der Waals surface area contributed by atoms with Gasteiger partial charge in [0.1, 0.15) is 4.88 Å². The van der Waals surface area contributed by atoms with Crippen LogP contribution in [0.25, 0.3) is 0 Å². The van der Waals surface area contributed by atoms with E-state index in [1.807, 2.05) is 25.8 Å². The predicted molar refractivity (Wildman–Crippen MR) is 76.6 cm³/mol. The van der Waals surface area contributed by atoms with E-state index in [1.165, 1.54) is 11.5 Å². The van der Waals surface area contributed by atoms with Crippen molar-refractivity contribution in [3.8, 4) is 0 Å². The van der Waals surface area contributed by atoms with Crippen molar-refractivity contribution in [3.05, 3.63) is 10.6 Å². The highest BCUT2D eigenvalue weighted by atomic mass is 32.1. The first kappa shape index (κ1) is 14.4. The van der Waals surface area contributed by atoms with E-state index in [0.29, 0.717) is 4.88 Å². The van der Waals surface area contributed by atoms with Crippen LogP contribution in [-0.4, -0.2) is 46.1 Å². The van der Waals surface area contributed by atoms with Crippen molar-refractivity contribution < 1.29 is 4.79 Å². The summed E-state index contributed by atoms with van der Waals surface area (Å²) in [7, 11) is 1.99. The lowest BCUT2D eigenvalue weighted by atomic mass is 9.90. The van der Waals surface area contributed by atoms with Gasteiger partial charge >= 0.3 is 0 Å². The van der Waals surface area contributed by atoms with Crippen LogP contribution in [0.1, 0.15) is 54.9 Å². The van der Waals surface area contributed by atoms with Gasteiger partial charge in [0.25, 0.3) is 5.91 Å². The third-order valence-corrected chi connectivity index (χ3v) is 4.74. The molecule has 0 aromatic carbocycles. The maximum atomic E-state index is 12.5. The molecule has 0 spiro atoms. The summed E-state index contributed by atoms with van der Waals surface area (Å²) in [6, 6.07) is 0. The first-order chi connectivity index (χ1) is 8.97. The molecule has 1 amide bonds. The summed E-state index contributed by atoms with van der Waals surface area (Å²) in [5.41, 5.74) is 0.987. The number of piperidine rings is 1. The number of hydrogen-bond donors (Lipinski definition) is 1. The molecule has 0 saturated carbocycles. The smallest absolute Gasteiger partial charge is 0.267 e. The molecule has 6 heteroatoms. The summed E-state index contributed by atoms with van der Waals surface area (Å²) in [5.74, 6) is 0.335. The quantitative estimate of drug-likeness (QED) is 0.919. The van der Waals surface area contributed by atoms with Gasteiger partial charge in [-0.2, -0.15) is 0 Å². The minimum atomic E-state index is 0.0943. The van der Waals surface area contributed by atoms with Gasteiger partial charge in [-0.1, -0.05) is 18.3 Å². The van der Waals surface area contributed by atoms with Gasteiger partial charge in [-0.05, 0) is 44.3 Å². The van der Waals surface area contributed by atoms with Crippen LogP contribution in [0.2, 0.25) is 0 Å². The highest BCUT2D eigenvalue weighted by Crippen LogP contribution is 2.26. The Labute approximate surface area is 118 Å². The second kappa shape index (κ2) is 5.54. The van der Waals surface area contributed by atoms with E-state index in [-0.39, 0.29) is 17.4 Å².